The van der Waals surface area contributed by atoms with Gasteiger partial charge < -0.3 is 14.9 Å². The summed E-state index contributed by atoms with van der Waals surface area (Å²) >= 11 is 1.80. The van der Waals surface area contributed by atoms with Gasteiger partial charge in [0.1, 0.15) is 0 Å². The number of hydrogen-bond acceptors (Lipinski definition) is 4. The van der Waals surface area contributed by atoms with Crippen molar-refractivity contribution in [3.8, 4) is 0 Å². The molecule has 0 saturated carbocycles. The van der Waals surface area contributed by atoms with Gasteiger partial charge in [0, 0.05) is 23.7 Å². The van der Waals surface area contributed by atoms with Gasteiger partial charge in [-0.2, -0.15) is 0 Å². The molecule has 1 N–H and O–H groups in total. The number of para-hydroxylation sites is 1. The Morgan fingerprint density at radius 3 is 2.83 bits per heavy atom. The highest BCUT2D eigenvalue weighted by Crippen LogP contribution is 2.35. The van der Waals surface area contributed by atoms with Crippen molar-refractivity contribution in [3.63, 3.8) is 0 Å². The fourth-order valence-electron chi connectivity index (χ4n) is 3.45. The molecule has 1 aliphatic rings. The molecule has 0 aliphatic carbocycles. The van der Waals surface area contributed by atoms with Crippen LogP contribution in [-0.2, 0) is 11.2 Å². The van der Waals surface area contributed by atoms with E-state index < -0.39 is 0 Å². The summed E-state index contributed by atoms with van der Waals surface area (Å²) in [5.74, 6) is 0.135. The van der Waals surface area contributed by atoms with Gasteiger partial charge in [-0.3, -0.25) is 4.79 Å². The number of benzene rings is 1. The van der Waals surface area contributed by atoms with Gasteiger partial charge in [0.25, 0.3) is 0 Å². The molecule has 3 rings (SSSR count). The van der Waals surface area contributed by atoms with Crippen molar-refractivity contribution in [3.05, 3.63) is 52.2 Å². The lowest BCUT2D eigenvalue weighted by molar-refractivity contribution is -0.132. The Morgan fingerprint density at radius 1 is 1.33 bits per heavy atom. The molecule has 1 aromatic heterocycles. The van der Waals surface area contributed by atoms with Gasteiger partial charge in [0.15, 0.2) is 0 Å². The first-order valence-electron chi connectivity index (χ1n) is 8.51. The molecule has 1 aliphatic heterocycles. The molecule has 4 nitrogen and oxygen atoms in total. The molecular weight excluding hydrogens is 320 g/mol. The van der Waals surface area contributed by atoms with Crippen LogP contribution in [0.5, 0.6) is 0 Å². The molecule has 24 heavy (non-hydrogen) atoms. The molecule has 0 radical (unpaired) electrons. The minimum absolute atomic E-state index is 0.0358. The number of thiophene rings is 1. The molecule has 1 amide bonds. The number of carbonyl (C=O) groups excluding carboxylic acids is 1. The molecule has 1 aromatic carbocycles. The molecule has 0 bridgehead atoms. The van der Waals surface area contributed by atoms with Crippen LogP contribution in [-0.4, -0.2) is 42.2 Å². The third-order valence-corrected chi connectivity index (χ3v) is 5.62. The minimum atomic E-state index is 0.0358. The fourth-order valence-corrected chi connectivity index (χ4v) is 4.38. The van der Waals surface area contributed by atoms with Crippen molar-refractivity contribution in [2.75, 3.05) is 31.1 Å². The van der Waals surface area contributed by atoms with Crippen LogP contribution in [0, 0.1) is 0 Å². The van der Waals surface area contributed by atoms with E-state index in [0.29, 0.717) is 13.1 Å². The highest BCUT2D eigenvalue weighted by atomic mass is 32.1. The predicted octanol–water partition coefficient (Wildman–Crippen LogP) is 3.08. The second kappa shape index (κ2) is 7.81. The van der Waals surface area contributed by atoms with Crippen molar-refractivity contribution in [1.82, 2.24) is 4.90 Å². The first-order chi connectivity index (χ1) is 11.7. The third-order valence-electron chi connectivity index (χ3n) is 4.62. The minimum Gasteiger partial charge on any atom is -0.395 e. The standard InChI is InChI=1S/C19H24N2O2S/c1-2-17-16-9-13-24-18(16)8-10-21(17)19(23)14-20(11-12-22)15-6-4-3-5-7-15/h3-7,9,13,17,22H,2,8,10-12,14H2,1H3. The molecular formula is C19H24N2O2S. The normalized spacial score (nSPS) is 16.8. The number of aliphatic hydroxyl groups is 1. The van der Waals surface area contributed by atoms with Crippen molar-refractivity contribution in [1.29, 1.82) is 0 Å². The van der Waals surface area contributed by atoms with Gasteiger partial charge in [-0.25, -0.2) is 0 Å². The molecule has 0 spiro atoms. The summed E-state index contributed by atoms with van der Waals surface area (Å²) in [6.45, 7) is 3.73. The average molecular weight is 344 g/mol. The van der Waals surface area contributed by atoms with Crippen LogP contribution in [0.1, 0.15) is 29.8 Å². The summed E-state index contributed by atoms with van der Waals surface area (Å²) in [6, 6.07) is 12.2. The summed E-state index contributed by atoms with van der Waals surface area (Å²) in [5.41, 5.74) is 2.29. The van der Waals surface area contributed by atoms with Gasteiger partial charge >= 0.3 is 0 Å². The molecule has 5 heteroatoms. The van der Waals surface area contributed by atoms with E-state index in [1.165, 1.54) is 10.4 Å². The van der Waals surface area contributed by atoms with Crippen molar-refractivity contribution >= 4 is 22.9 Å². The highest BCUT2D eigenvalue weighted by Gasteiger charge is 2.30. The summed E-state index contributed by atoms with van der Waals surface area (Å²) in [6.07, 6.45) is 1.88. The van der Waals surface area contributed by atoms with E-state index in [1.54, 1.807) is 11.3 Å². The molecule has 2 heterocycles. The quantitative estimate of drug-likeness (QED) is 0.876. The number of anilines is 1. The summed E-state index contributed by atoms with van der Waals surface area (Å²) < 4.78 is 0. The second-order valence-electron chi connectivity index (χ2n) is 6.04. The topological polar surface area (TPSA) is 43.8 Å². The number of aliphatic hydroxyl groups excluding tert-OH is 1. The monoisotopic (exact) mass is 344 g/mol. The van der Waals surface area contributed by atoms with Crippen LogP contribution >= 0.6 is 11.3 Å². The number of rotatable bonds is 6. The van der Waals surface area contributed by atoms with Crippen LogP contribution in [0.2, 0.25) is 0 Å². The van der Waals surface area contributed by atoms with Crippen molar-refractivity contribution in [2.45, 2.75) is 25.8 Å². The van der Waals surface area contributed by atoms with Gasteiger partial charge in [-0.05, 0) is 42.0 Å². The Hall–Kier alpha value is -1.85. The van der Waals surface area contributed by atoms with E-state index >= 15 is 0 Å². The first kappa shape index (κ1) is 17.0. The van der Waals surface area contributed by atoms with E-state index in [2.05, 4.69) is 18.4 Å². The van der Waals surface area contributed by atoms with Gasteiger partial charge in [0.05, 0.1) is 19.2 Å². The number of hydrogen-bond donors (Lipinski definition) is 1. The fraction of sp³-hybridized carbons (Fsp3) is 0.421. The van der Waals surface area contributed by atoms with Crippen LogP contribution in [0.4, 0.5) is 5.69 Å². The summed E-state index contributed by atoms with van der Waals surface area (Å²) in [7, 11) is 0. The lowest BCUT2D eigenvalue weighted by atomic mass is 9.97. The van der Waals surface area contributed by atoms with Gasteiger partial charge in [-0.1, -0.05) is 25.1 Å². The maximum atomic E-state index is 13.0. The van der Waals surface area contributed by atoms with Crippen molar-refractivity contribution in [2.24, 2.45) is 0 Å². The number of nitrogens with zero attached hydrogens (tertiary/aromatic N) is 2. The molecule has 0 saturated heterocycles. The van der Waals surface area contributed by atoms with Crippen LogP contribution in [0.25, 0.3) is 0 Å². The zero-order chi connectivity index (χ0) is 16.9. The lowest BCUT2D eigenvalue weighted by Gasteiger charge is -2.37. The first-order valence-corrected chi connectivity index (χ1v) is 9.39. The molecule has 2 aromatic rings. The molecule has 0 fully saturated rings. The zero-order valence-electron chi connectivity index (χ0n) is 14.0. The Kier molecular flexibility index (Phi) is 5.53. The maximum Gasteiger partial charge on any atom is 0.242 e. The molecule has 1 atom stereocenters. The van der Waals surface area contributed by atoms with Crippen molar-refractivity contribution < 1.29 is 9.90 Å². The van der Waals surface area contributed by atoms with E-state index in [-0.39, 0.29) is 18.6 Å². The van der Waals surface area contributed by atoms with Crippen LogP contribution < -0.4 is 4.90 Å². The van der Waals surface area contributed by atoms with Gasteiger partial charge in [0.2, 0.25) is 5.91 Å². The second-order valence-corrected chi connectivity index (χ2v) is 7.04. The highest BCUT2D eigenvalue weighted by molar-refractivity contribution is 7.10. The average Bonchev–Trinajstić information content (AvgIpc) is 3.10. The van der Waals surface area contributed by atoms with E-state index in [9.17, 15) is 9.90 Å². The van der Waals surface area contributed by atoms with Gasteiger partial charge in [-0.15, -0.1) is 11.3 Å². The van der Waals surface area contributed by atoms with Crippen LogP contribution in [0.3, 0.4) is 0 Å². The Bertz CT molecular complexity index is 671. The summed E-state index contributed by atoms with van der Waals surface area (Å²) in [5, 5.41) is 11.5. The number of carbonyl (C=O) groups is 1. The zero-order valence-corrected chi connectivity index (χ0v) is 14.8. The van der Waals surface area contributed by atoms with E-state index in [0.717, 1.165) is 25.1 Å². The Labute approximate surface area is 147 Å². The van der Waals surface area contributed by atoms with Crippen LogP contribution in [0.15, 0.2) is 41.8 Å². The maximum absolute atomic E-state index is 13.0. The Morgan fingerprint density at radius 2 is 2.12 bits per heavy atom. The third kappa shape index (κ3) is 3.47. The molecule has 128 valence electrons. The number of fused-ring (bicyclic) bond motifs is 1. The smallest absolute Gasteiger partial charge is 0.242 e. The SMILES string of the molecule is CCC1c2ccsc2CCN1C(=O)CN(CCO)c1ccccc1. The summed E-state index contributed by atoms with van der Waals surface area (Å²) in [4.78, 5) is 18.4. The molecule has 1 unspecified atom stereocenters. The van der Waals surface area contributed by atoms with E-state index in [4.69, 9.17) is 0 Å². The predicted molar refractivity (Wildman–Crippen MR) is 98.5 cm³/mol. The Balaban J connectivity index is 1.75. The largest absolute Gasteiger partial charge is 0.395 e. The van der Waals surface area contributed by atoms with E-state index in [1.807, 2.05) is 40.1 Å². The number of amides is 1. The lowest BCUT2D eigenvalue weighted by Crippen LogP contribution is -2.45.